The number of hydrogen-bond donors (Lipinski definition) is 1. The molecule has 0 spiro atoms. The maximum atomic E-state index is 14.3. The summed E-state index contributed by atoms with van der Waals surface area (Å²) in [6.45, 7) is 3.35. The molecule has 1 atom stereocenters. The van der Waals surface area contributed by atoms with Gasteiger partial charge in [-0.15, -0.1) is 0 Å². The van der Waals surface area contributed by atoms with Gasteiger partial charge in [-0.05, 0) is 43.2 Å². The first kappa shape index (κ1) is 22.4. The van der Waals surface area contributed by atoms with Gasteiger partial charge in [0.25, 0.3) is 0 Å². The number of halogens is 1. The van der Waals surface area contributed by atoms with Crippen LogP contribution < -0.4 is 9.62 Å². The number of carbonyl (C=O) groups is 2. The van der Waals surface area contributed by atoms with Crippen LogP contribution in [0.5, 0.6) is 0 Å². The fourth-order valence-corrected chi connectivity index (χ4v) is 4.10. The zero-order valence-corrected chi connectivity index (χ0v) is 17.4. The van der Waals surface area contributed by atoms with Crippen molar-refractivity contribution in [2.24, 2.45) is 0 Å². The van der Waals surface area contributed by atoms with Gasteiger partial charge in [0.2, 0.25) is 15.9 Å². The number of aryl methyl sites for hydroxylation is 1. The SMILES string of the molecule is CCC(C(=O)Nc1cc(C(=O)OC)ccc1C)N(c1ccccc1F)S(C)(=O)=O. The summed E-state index contributed by atoms with van der Waals surface area (Å²) in [6, 6.07) is 8.79. The van der Waals surface area contributed by atoms with Crippen LogP contribution in [0, 0.1) is 12.7 Å². The lowest BCUT2D eigenvalue weighted by atomic mass is 10.1. The summed E-state index contributed by atoms with van der Waals surface area (Å²) in [7, 11) is -2.72. The number of anilines is 2. The monoisotopic (exact) mass is 422 g/mol. The molecular formula is C20H23FN2O5S. The Bertz CT molecular complexity index is 1020. The molecule has 2 aromatic carbocycles. The molecule has 0 radical (unpaired) electrons. The highest BCUT2D eigenvalue weighted by atomic mass is 32.2. The molecular weight excluding hydrogens is 399 g/mol. The average molecular weight is 422 g/mol. The molecule has 2 aromatic rings. The molecule has 0 heterocycles. The van der Waals surface area contributed by atoms with Crippen LogP contribution in [0.3, 0.4) is 0 Å². The first-order chi connectivity index (χ1) is 13.6. The third kappa shape index (κ3) is 5.11. The summed E-state index contributed by atoms with van der Waals surface area (Å²) < 4.78 is 44.6. The first-order valence-corrected chi connectivity index (χ1v) is 10.7. The molecule has 1 unspecified atom stereocenters. The number of benzene rings is 2. The standard InChI is InChI=1S/C20H23FN2O5S/c1-5-17(23(29(4,26)27)18-9-7-6-8-15(18)21)19(24)22-16-12-14(20(25)28-3)11-10-13(16)2/h6-12,17H,5H2,1-4H3,(H,22,24). The van der Waals surface area contributed by atoms with Crippen molar-refractivity contribution >= 4 is 33.3 Å². The van der Waals surface area contributed by atoms with Crippen LogP contribution in [-0.2, 0) is 19.6 Å². The number of methoxy groups -OCH3 is 1. The van der Waals surface area contributed by atoms with Crippen molar-refractivity contribution in [1.82, 2.24) is 0 Å². The number of amides is 1. The van der Waals surface area contributed by atoms with Gasteiger partial charge in [-0.1, -0.05) is 25.1 Å². The Kier molecular flexibility index (Phi) is 6.97. The van der Waals surface area contributed by atoms with E-state index in [2.05, 4.69) is 10.1 Å². The van der Waals surface area contributed by atoms with Gasteiger partial charge in [0.05, 0.1) is 24.6 Å². The minimum absolute atomic E-state index is 0.100. The highest BCUT2D eigenvalue weighted by Crippen LogP contribution is 2.26. The van der Waals surface area contributed by atoms with Gasteiger partial charge >= 0.3 is 5.97 Å². The van der Waals surface area contributed by atoms with E-state index in [0.29, 0.717) is 11.3 Å². The minimum Gasteiger partial charge on any atom is -0.465 e. The van der Waals surface area contributed by atoms with Gasteiger partial charge in [-0.2, -0.15) is 0 Å². The van der Waals surface area contributed by atoms with E-state index in [1.807, 2.05) is 0 Å². The summed E-state index contributed by atoms with van der Waals surface area (Å²) in [6.07, 6.45) is 1.02. The van der Waals surface area contributed by atoms with Crippen LogP contribution >= 0.6 is 0 Å². The third-order valence-corrected chi connectivity index (χ3v) is 5.50. The molecule has 29 heavy (non-hydrogen) atoms. The molecule has 1 N–H and O–H groups in total. The number of nitrogens with zero attached hydrogens (tertiary/aromatic N) is 1. The second-order valence-electron chi connectivity index (χ2n) is 6.44. The zero-order chi connectivity index (χ0) is 21.8. The number of ether oxygens (including phenoxy) is 1. The highest BCUT2D eigenvalue weighted by Gasteiger charge is 2.33. The summed E-state index contributed by atoms with van der Waals surface area (Å²) in [5.74, 6) is -1.98. The van der Waals surface area contributed by atoms with Crippen LogP contribution in [0.15, 0.2) is 42.5 Å². The van der Waals surface area contributed by atoms with Crippen LogP contribution in [0.25, 0.3) is 0 Å². The molecule has 0 fully saturated rings. The first-order valence-electron chi connectivity index (χ1n) is 8.83. The molecule has 1 amide bonds. The summed E-state index contributed by atoms with van der Waals surface area (Å²) in [5, 5.41) is 2.65. The van der Waals surface area contributed by atoms with E-state index in [4.69, 9.17) is 0 Å². The Hall–Kier alpha value is -2.94. The van der Waals surface area contributed by atoms with Crippen molar-refractivity contribution in [3.8, 4) is 0 Å². The lowest BCUT2D eigenvalue weighted by Crippen LogP contribution is -2.47. The maximum Gasteiger partial charge on any atom is 0.337 e. The van der Waals surface area contributed by atoms with E-state index in [1.54, 1.807) is 26.0 Å². The Morgan fingerprint density at radius 1 is 1.21 bits per heavy atom. The third-order valence-electron chi connectivity index (χ3n) is 4.34. The van der Waals surface area contributed by atoms with E-state index < -0.39 is 33.8 Å². The number of para-hydroxylation sites is 1. The van der Waals surface area contributed by atoms with Gasteiger partial charge in [0, 0.05) is 5.69 Å². The van der Waals surface area contributed by atoms with Crippen LogP contribution in [-0.4, -0.2) is 39.7 Å². The van der Waals surface area contributed by atoms with Crippen LogP contribution in [0.4, 0.5) is 15.8 Å². The second kappa shape index (κ2) is 9.04. The molecule has 0 saturated carbocycles. The highest BCUT2D eigenvalue weighted by molar-refractivity contribution is 7.92. The van der Waals surface area contributed by atoms with E-state index in [-0.39, 0.29) is 17.7 Å². The Morgan fingerprint density at radius 2 is 1.86 bits per heavy atom. The molecule has 0 aliphatic heterocycles. The molecule has 0 saturated heterocycles. The van der Waals surface area contributed by atoms with Crippen molar-refractivity contribution in [3.05, 3.63) is 59.4 Å². The number of rotatable bonds is 7. The number of nitrogens with one attached hydrogen (secondary N) is 1. The molecule has 156 valence electrons. The molecule has 7 nitrogen and oxygen atoms in total. The normalized spacial score (nSPS) is 12.2. The largest absolute Gasteiger partial charge is 0.465 e. The maximum absolute atomic E-state index is 14.3. The number of esters is 1. The average Bonchev–Trinajstić information content (AvgIpc) is 2.66. The van der Waals surface area contributed by atoms with E-state index in [1.165, 1.54) is 31.4 Å². The topological polar surface area (TPSA) is 92.8 Å². The predicted molar refractivity (Wildman–Crippen MR) is 109 cm³/mol. The van der Waals surface area contributed by atoms with Crippen molar-refractivity contribution in [1.29, 1.82) is 0 Å². The van der Waals surface area contributed by atoms with Gasteiger partial charge in [0.1, 0.15) is 11.9 Å². The van der Waals surface area contributed by atoms with Crippen molar-refractivity contribution in [2.75, 3.05) is 23.0 Å². The quantitative estimate of drug-likeness (QED) is 0.692. The Morgan fingerprint density at radius 3 is 2.41 bits per heavy atom. The van der Waals surface area contributed by atoms with Gasteiger partial charge in [0.15, 0.2) is 0 Å². The second-order valence-corrected chi connectivity index (χ2v) is 8.30. The number of carbonyl (C=O) groups excluding carboxylic acids is 2. The van der Waals surface area contributed by atoms with Gasteiger partial charge in [-0.25, -0.2) is 17.6 Å². The van der Waals surface area contributed by atoms with Crippen molar-refractivity contribution < 1.29 is 27.1 Å². The van der Waals surface area contributed by atoms with Crippen molar-refractivity contribution in [2.45, 2.75) is 26.3 Å². The molecule has 0 bridgehead atoms. The fourth-order valence-electron chi connectivity index (χ4n) is 2.88. The Balaban J connectivity index is 2.43. The number of sulfonamides is 1. The lowest BCUT2D eigenvalue weighted by molar-refractivity contribution is -0.117. The van der Waals surface area contributed by atoms with Crippen LogP contribution in [0.2, 0.25) is 0 Å². The predicted octanol–water partition coefficient (Wildman–Crippen LogP) is 3.10. The molecule has 2 rings (SSSR count). The number of hydrogen-bond acceptors (Lipinski definition) is 5. The minimum atomic E-state index is -3.97. The summed E-state index contributed by atoms with van der Waals surface area (Å²) >= 11 is 0. The van der Waals surface area contributed by atoms with Crippen molar-refractivity contribution in [3.63, 3.8) is 0 Å². The molecule has 0 aromatic heterocycles. The summed E-state index contributed by atoms with van der Waals surface area (Å²) in [5.41, 5.74) is 1.02. The smallest absolute Gasteiger partial charge is 0.337 e. The molecule has 9 heteroatoms. The summed E-state index contributed by atoms with van der Waals surface area (Å²) in [4.78, 5) is 24.7. The van der Waals surface area contributed by atoms with Crippen LogP contribution in [0.1, 0.15) is 29.3 Å². The Labute approximate surface area is 169 Å². The van der Waals surface area contributed by atoms with E-state index in [9.17, 15) is 22.4 Å². The molecule has 0 aliphatic rings. The van der Waals surface area contributed by atoms with E-state index >= 15 is 0 Å². The lowest BCUT2D eigenvalue weighted by Gasteiger charge is -2.30. The van der Waals surface area contributed by atoms with Gasteiger partial charge < -0.3 is 10.1 Å². The molecule has 0 aliphatic carbocycles. The van der Waals surface area contributed by atoms with Gasteiger partial charge in [-0.3, -0.25) is 9.10 Å². The fraction of sp³-hybridized carbons (Fsp3) is 0.300. The zero-order valence-electron chi connectivity index (χ0n) is 16.6. The van der Waals surface area contributed by atoms with E-state index in [0.717, 1.165) is 16.6 Å².